The summed E-state index contributed by atoms with van der Waals surface area (Å²) in [6.45, 7) is -2.86. The van der Waals surface area contributed by atoms with Gasteiger partial charge in [-0.2, -0.15) is 8.78 Å². The van der Waals surface area contributed by atoms with Gasteiger partial charge in [0.2, 0.25) is 0 Å². The molecule has 6 nitrogen and oxygen atoms in total. The van der Waals surface area contributed by atoms with E-state index in [2.05, 4.69) is 0 Å². The van der Waals surface area contributed by atoms with E-state index >= 15 is 0 Å². The first-order valence-corrected chi connectivity index (χ1v) is 8.01. The molecule has 2 heterocycles. The van der Waals surface area contributed by atoms with Crippen molar-refractivity contribution in [3.05, 3.63) is 24.0 Å². The van der Waals surface area contributed by atoms with Crippen LogP contribution in [0.5, 0.6) is 0 Å². The first-order valence-electron chi connectivity index (χ1n) is 8.01. The van der Waals surface area contributed by atoms with E-state index in [1.807, 2.05) is 0 Å². The molecular weight excluding hydrogens is 322 g/mol. The number of carbonyl (C=O) groups is 2. The van der Waals surface area contributed by atoms with Crippen molar-refractivity contribution < 1.29 is 28.6 Å². The van der Waals surface area contributed by atoms with Crippen LogP contribution in [0.15, 0.2) is 18.3 Å². The van der Waals surface area contributed by atoms with Crippen LogP contribution in [0.3, 0.4) is 0 Å². The number of amides is 1. The molecule has 2 fully saturated rings. The van der Waals surface area contributed by atoms with Crippen LogP contribution in [0, 0.1) is 11.3 Å². The topological polar surface area (TPSA) is 82.8 Å². The number of alkyl halides is 2. The maximum absolute atomic E-state index is 13.0. The van der Waals surface area contributed by atoms with Crippen molar-refractivity contribution in [2.75, 3.05) is 13.1 Å². The molecule has 0 spiro atoms. The zero-order valence-electron chi connectivity index (χ0n) is 13.1. The standard InChI is InChI=1S/C16H20F2N2O4/c17-15(18)20-6-1-2-11(20)13(22)19-7-5-12(21)16(9-19,14(23)24)8-10-3-4-10/h1-2,6,10,12,15,21H,3-5,7-9H2,(H,23,24)/t12-,16+/m0/s1. The number of hydrogen-bond acceptors (Lipinski definition) is 3. The summed E-state index contributed by atoms with van der Waals surface area (Å²) in [5, 5.41) is 20.0. The summed E-state index contributed by atoms with van der Waals surface area (Å²) < 4.78 is 26.5. The Morgan fingerprint density at radius 3 is 2.62 bits per heavy atom. The van der Waals surface area contributed by atoms with E-state index < -0.39 is 29.9 Å². The van der Waals surface area contributed by atoms with Gasteiger partial charge in [0, 0.05) is 19.3 Å². The van der Waals surface area contributed by atoms with Crippen molar-refractivity contribution >= 4 is 11.9 Å². The number of halogens is 2. The summed E-state index contributed by atoms with van der Waals surface area (Å²) in [4.78, 5) is 25.7. The molecule has 1 saturated heterocycles. The summed E-state index contributed by atoms with van der Waals surface area (Å²) in [6.07, 6.45) is 2.35. The summed E-state index contributed by atoms with van der Waals surface area (Å²) in [5.41, 5.74) is -1.59. The molecule has 1 amide bonds. The van der Waals surface area contributed by atoms with Gasteiger partial charge in [-0.15, -0.1) is 0 Å². The third-order valence-electron chi connectivity index (χ3n) is 5.05. The molecule has 1 aromatic rings. The molecule has 3 rings (SSSR count). The van der Waals surface area contributed by atoms with Crippen molar-refractivity contribution in [3.63, 3.8) is 0 Å². The molecule has 1 aliphatic carbocycles. The van der Waals surface area contributed by atoms with Crippen molar-refractivity contribution in [3.8, 4) is 0 Å². The van der Waals surface area contributed by atoms with E-state index in [-0.39, 0.29) is 31.1 Å². The van der Waals surface area contributed by atoms with E-state index in [0.717, 1.165) is 19.0 Å². The fourth-order valence-electron chi connectivity index (χ4n) is 3.50. The minimum atomic E-state index is -2.84. The molecule has 1 aliphatic heterocycles. The average Bonchev–Trinajstić information content (AvgIpc) is 3.20. The molecule has 2 N–H and O–H groups in total. The van der Waals surface area contributed by atoms with Gasteiger partial charge in [-0.3, -0.25) is 14.2 Å². The lowest BCUT2D eigenvalue weighted by molar-refractivity contribution is -0.163. The van der Waals surface area contributed by atoms with Gasteiger partial charge >= 0.3 is 12.5 Å². The highest BCUT2D eigenvalue weighted by molar-refractivity contribution is 5.93. The SMILES string of the molecule is O=C(c1cccn1C(F)F)N1CC[C@H](O)[C@](CC2CC2)(C(=O)O)C1. The highest BCUT2D eigenvalue weighted by Gasteiger charge is 2.52. The fraction of sp³-hybridized carbons (Fsp3) is 0.625. The third-order valence-corrected chi connectivity index (χ3v) is 5.05. The molecule has 1 saturated carbocycles. The normalized spacial score (nSPS) is 27.5. The minimum absolute atomic E-state index is 0.125. The second-order valence-electron chi connectivity index (χ2n) is 6.72. The van der Waals surface area contributed by atoms with Crippen LogP contribution in [-0.4, -0.2) is 50.8 Å². The molecule has 0 aromatic carbocycles. The van der Waals surface area contributed by atoms with Gasteiger partial charge < -0.3 is 15.1 Å². The predicted molar refractivity (Wildman–Crippen MR) is 79.6 cm³/mol. The van der Waals surface area contributed by atoms with Crippen LogP contribution in [-0.2, 0) is 4.79 Å². The Morgan fingerprint density at radius 1 is 1.33 bits per heavy atom. The molecule has 132 valence electrons. The Kier molecular flexibility index (Phi) is 4.33. The molecule has 8 heteroatoms. The molecule has 1 aromatic heterocycles. The number of carbonyl (C=O) groups excluding carboxylic acids is 1. The van der Waals surface area contributed by atoms with Crippen molar-refractivity contribution in [1.82, 2.24) is 9.47 Å². The lowest BCUT2D eigenvalue weighted by atomic mass is 9.73. The van der Waals surface area contributed by atoms with Gasteiger partial charge in [-0.05, 0) is 30.9 Å². The molecular formula is C16H20F2N2O4. The van der Waals surface area contributed by atoms with Gasteiger partial charge in [0.25, 0.3) is 5.91 Å². The lowest BCUT2D eigenvalue weighted by Gasteiger charge is -2.43. The quantitative estimate of drug-likeness (QED) is 0.857. The summed E-state index contributed by atoms with van der Waals surface area (Å²) in [7, 11) is 0. The van der Waals surface area contributed by atoms with Gasteiger partial charge in [-0.1, -0.05) is 12.8 Å². The number of carboxylic acid groups (broad SMARTS) is 1. The Balaban J connectivity index is 1.85. The van der Waals surface area contributed by atoms with E-state index in [0.29, 0.717) is 11.0 Å². The predicted octanol–water partition coefficient (Wildman–Crippen LogP) is 1.96. The maximum atomic E-state index is 13.0. The maximum Gasteiger partial charge on any atom is 0.319 e. The molecule has 2 aliphatic rings. The van der Waals surface area contributed by atoms with Crippen LogP contribution in [0.2, 0.25) is 0 Å². The van der Waals surface area contributed by atoms with Crippen molar-refractivity contribution in [1.29, 1.82) is 0 Å². The largest absolute Gasteiger partial charge is 0.481 e. The zero-order chi connectivity index (χ0) is 17.5. The number of aliphatic carboxylic acids is 1. The molecule has 0 unspecified atom stereocenters. The number of aromatic nitrogens is 1. The lowest BCUT2D eigenvalue weighted by Crippen LogP contribution is -2.57. The number of rotatable bonds is 5. The van der Waals surface area contributed by atoms with Crippen molar-refractivity contribution in [2.45, 2.75) is 38.3 Å². The van der Waals surface area contributed by atoms with Crippen LogP contribution >= 0.6 is 0 Å². The highest BCUT2D eigenvalue weighted by atomic mass is 19.3. The Bertz CT molecular complexity index is 644. The second kappa shape index (κ2) is 6.16. The Morgan fingerprint density at radius 2 is 2.04 bits per heavy atom. The number of hydrogen-bond donors (Lipinski definition) is 2. The molecule has 24 heavy (non-hydrogen) atoms. The van der Waals surface area contributed by atoms with E-state index in [9.17, 15) is 28.6 Å². The van der Waals surface area contributed by atoms with E-state index in [4.69, 9.17) is 0 Å². The molecule has 0 radical (unpaired) electrons. The number of nitrogens with zero attached hydrogens (tertiary/aromatic N) is 2. The number of carboxylic acids is 1. The Hall–Kier alpha value is -1.96. The van der Waals surface area contributed by atoms with Crippen LogP contribution in [0.4, 0.5) is 8.78 Å². The summed E-state index contributed by atoms with van der Waals surface area (Å²) in [6, 6.07) is 2.65. The van der Waals surface area contributed by atoms with Gasteiger partial charge in [0.1, 0.15) is 11.1 Å². The highest BCUT2D eigenvalue weighted by Crippen LogP contribution is 2.45. The average molecular weight is 342 g/mol. The smallest absolute Gasteiger partial charge is 0.319 e. The van der Waals surface area contributed by atoms with Gasteiger partial charge in [0.05, 0.1) is 6.10 Å². The summed E-state index contributed by atoms with van der Waals surface area (Å²) >= 11 is 0. The molecule has 0 bridgehead atoms. The number of aliphatic hydroxyl groups excluding tert-OH is 1. The first kappa shape index (κ1) is 16.9. The van der Waals surface area contributed by atoms with Crippen LogP contribution in [0.1, 0.15) is 42.7 Å². The third kappa shape index (κ3) is 2.90. The monoisotopic (exact) mass is 342 g/mol. The van der Waals surface area contributed by atoms with Crippen molar-refractivity contribution in [2.24, 2.45) is 11.3 Å². The van der Waals surface area contributed by atoms with Crippen LogP contribution < -0.4 is 0 Å². The minimum Gasteiger partial charge on any atom is -0.481 e. The fourth-order valence-corrected chi connectivity index (χ4v) is 3.50. The Labute approximate surface area is 137 Å². The van der Waals surface area contributed by atoms with Gasteiger partial charge in [-0.25, -0.2) is 0 Å². The molecule has 2 atom stereocenters. The number of piperidine rings is 1. The first-order chi connectivity index (χ1) is 11.3. The summed E-state index contributed by atoms with van der Waals surface area (Å²) in [5.74, 6) is -1.52. The number of aliphatic hydroxyl groups is 1. The van der Waals surface area contributed by atoms with Crippen LogP contribution in [0.25, 0.3) is 0 Å². The zero-order valence-corrected chi connectivity index (χ0v) is 13.1. The number of likely N-dealkylation sites (tertiary alicyclic amines) is 1. The van der Waals surface area contributed by atoms with E-state index in [1.165, 1.54) is 17.0 Å². The van der Waals surface area contributed by atoms with E-state index in [1.54, 1.807) is 0 Å². The second-order valence-corrected chi connectivity index (χ2v) is 6.72. The van der Waals surface area contributed by atoms with Gasteiger partial charge in [0.15, 0.2) is 0 Å².